The fourth-order valence-corrected chi connectivity index (χ4v) is 2.43. The van der Waals surface area contributed by atoms with Crippen LogP contribution >= 0.6 is 0 Å². The lowest BCUT2D eigenvalue weighted by Crippen LogP contribution is -2.45. The molecule has 1 rings (SSSR count). The Kier molecular flexibility index (Phi) is 7.01. The van der Waals surface area contributed by atoms with Crippen LogP contribution in [0.4, 0.5) is 0 Å². The number of hydrogen-bond donors (Lipinski definition) is 1. The molecule has 96 valence electrons. The normalized spacial score (nSPS) is 22.9. The minimum Gasteiger partial charge on any atom is -0.377 e. The highest BCUT2D eigenvalue weighted by molar-refractivity contribution is 4.77. The van der Waals surface area contributed by atoms with Crippen LogP contribution in [-0.4, -0.2) is 49.8 Å². The molecule has 1 saturated heterocycles. The first kappa shape index (κ1) is 13.9. The molecule has 0 aromatic heterocycles. The van der Waals surface area contributed by atoms with Crippen molar-refractivity contribution in [1.29, 1.82) is 0 Å². The Morgan fingerprint density at radius 2 is 2.19 bits per heavy atom. The van der Waals surface area contributed by atoms with Crippen LogP contribution in [0.1, 0.15) is 40.0 Å². The van der Waals surface area contributed by atoms with E-state index in [1.165, 1.54) is 19.3 Å². The van der Waals surface area contributed by atoms with Gasteiger partial charge in [-0.3, -0.25) is 4.90 Å². The molecule has 3 nitrogen and oxygen atoms in total. The highest BCUT2D eigenvalue weighted by Crippen LogP contribution is 2.15. The van der Waals surface area contributed by atoms with Crippen molar-refractivity contribution in [3.05, 3.63) is 0 Å². The predicted octanol–water partition coefficient (Wildman–Crippen LogP) is 1.88. The molecule has 0 bridgehead atoms. The summed E-state index contributed by atoms with van der Waals surface area (Å²) in [5, 5.41) is 3.46. The summed E-state index contributed by atoms with van der Waals surface area (Å²) in [6, 6.07) is 0.661. The maximum Gasteiger partial charge on any atom is 0.0702 e. The minimum atomic E-state index is 0.482. The topological polar surface area (TPSA) is 24.5 Å². The van der Waals surface area contributed by atoms with Crippen LogP contribution in [0.15, 0.2) is 0 Å². The standard InChI is InChI=1S/C13H28N2O/c1-4-12(10-14-5-2)15(6-3)11-13-8-7-9-16-13/h12-14H,4-11H2,1-3H3. The molecule has 16 heavy (non-hydrogen) atoms. The van der Waals surface area contributed by atoms with E-state index < -0.39 is 0 Å². The monoisotopic (exact) mass is 228 g/mol. The third-order valence-electron chi connectivity index (χ3n) is 3.49. The molecule has 0 aliphatic carbocycles. The summed E-state index contributed by atoms with van der Waals surface area (Å²) < 4.78 is 5.72. The van der Waals surface area contributed by atoms with E-state index in [9.17, 15) is 0 Å². The van der Waals surface area contributed by atoms with Gasteiger partial charge >= 0.3 is 0 Å². The summed E-state index contributed by atoms with van der Waals surface area (Å²) in [5.41, 5.74) is 0. The van der Waals surface area contributed by atoms with Crippen molar-refractivity contribution < 1.29 is 4.74 Å². The smallest absolute Gasteiger partial charge is 0.0702 e. The average Bonchev–Trinajstić information content (AvgIpc) is 2.81. The molecule has 1 fully saturated rings. The Bertz CT molecular complexity index is 169. The van der Waals surface area contributed by atoms with Crippen molar-refractivity contribution in [3.63, 3.8) is 0 Å². The van der Waals surface area contributed by atoms with E-state index >= 15 is 0 Å². The Balaban J connectivity index is 2.35. The van der Waals surface area contributed by atoms with Gasteiger partial charge in [-0.25, -0.2) is 0 Å². The van der Waals surface area contributed by atoms with Crippen LogP contribution in [0.5, 0.6) is 0 Å². The first-order valence-corrected chi connectivity index (χ1v) is 6.88. The van der Waals surface area contributed by atoms with Gasteiger partial charge in [-0.05, 0) is 32.4 Å². The number of rotatable bonds is 8. The van der Waals surface area contributed by atoms with Gasteiger partial charge in [-0.1, -0.05) is 20.8 Å². The maximum atomic E-state index is 5.72. The fourth-order valence-electron chi connectivity index (χ4n) is 2.43. The lowest BCUT2D eigenvalue weighted by Gasteiger charge is -2.32. The Morgan fingerprint density at radius 3 is 2.69 bits per heavy atom. The van der Waals surface area contributed by atoms with Crippen molar-refractivity contribution in [2.45, 2.75) is 52.2 Å². The molecule has 2 unspecified atom stereocenters. The Morgan fingerprint density at radius 1 is 1.38 bits per heavy atom. The zero-order valence-electron chi connectivity index (χ0n) is 11.2. The van der Waals surface area contributed by atoms with Crippen molar-refractivity contribution >= 4 is 0 Å². The molecule has 0 amide bonds. The van der Waals surface area contributed by atoms with Crippen molar-refractivity contribution in [2.24, 2.45) is 0 Å². The summed E-state index contributed by atoms with van der Waals surface area (Å²) in [6.07, 6.45) is 4.18. The van der Waals surface area contributed by atoms with E-state index in [2.05, 4.69) is 31.0 Å². The molecule has 0 radical (unpaired) electrons. The van der Waals surface area contributed by atoms with Crippen LogP contribution in [0, 0.1) is 0 Å². The number of hydrogen-bond acceptors (Lipinski definition) is 3. The quantitative estimate of drug-likeness (QED) is 0.686. The van der Waals surface area contributed by atoms with Gasteiger partial charge in [0.1, 0.15) is 0 Å². The lowest BCUT2D eigenvalue weighted by molar-refractivity contribution is 0.0581. The molecule has 1 heterocycles. The van der Waals surface area contributed by atoms with E-state index in [4.69, 9.17) is 4.74 Å². The third kappa shape index (κ3) is 4.40. The van der Waals surface area contributed by atoms with Gasteiger partial charge in [0.25, 0.3) is 0 Å². The second-order valence-electron chi connectivity index (χ2n) is 4.59. The predicted molar refractivity (Wildman–Crippen MR) is 68.8 cm³/mol. The Labute approximate surface area is 101 Å². The molecular weight excluding hydrogens is 200 g/mol. The van der Waals surface area contributed by atoms with Crippen molar-refractivity contribution in [3.8, 4) is 0 Å². The van der Waals surface area contributed by atoms with Crippen molar-refractivity contribution in [2.75, 3.05) is 32.8 Å². The van der Waals surface area contributed by atoms with Gasteiger partial charge in [-0.15, -0.1) is 0 Å². The summed E-state index contributed by atoms with van der Waals surface area (Å²) in [4.78, 5) is 2.57. The molecule has 3 heteroatoms. The van der Waals surface area contributed by atoms with Crippen LogP contribution in [0.3, 0.4) is 0 Å². The molecular formula is C13H28N2O. The highest BCUT2D eigenvalue weighted by atomic mass is 16.5. The second kappa shape index (κ2) is 8.04. The van der Waals surface area contributed by atoms with Gasteiger partial charge in [0.05, 0.1) is 6.10 Å². The van der Waals surface area contributed by atoms with Gasteiger partial charge in [0, 0.05) is 25.7 Å². The van der Waals surface area contributed by atoms with Gasteiger partial charge in [-0.2, -0.15) is 0 Å². The molecule has 0 aromatic carbocycles. The number of nitrogens with one attached hydrogen (secondary N) is 1. The first-order chi connectivity index (χ1) is 7.81. The van der Waals surface area contributed by atoms with Crippen LogP contribution in [0.2, 0.25) is 0 Å². The molecule has 0 aromatic rings. The summed E-state index contributed by atoms with van der Waals surface area (Å²) in [5.74, 6) is 0. The average molecular weight is 228 g/mol. The summed E-state index contributed by atoms with van der Waals surface area (Å²) >= 11 is 0. The van der Waals surface area contributed by atoms with E-state index in [0.29, 0.717) is 12.1 Å². The largest absolute Gasteiger partial charge is 0.377 e. The highest BCUT2D eigenvalue weighted by Gasteiger charge is 2.22. The summed E-state index contributed by atoms with van der Waals surface area (Å²) in [6.45, 7) is 12.1. The zero-order valence-corrected chi connectivity index (χ0v) is 11.2. The first-order valence-electron chi connectivity index (χ1n) is 6.88. The third-order valence-corrected chi connectivity index (χ3v) is 3.49. The maximum absolute atomic E-state index is 5.72. The minimum absolute atomic E-state index is 0.482. The summed E-state index contributed by atoms with van der Waals surface area (Å²) in [7, 11) is 0. The molecule has 2 atom stereocenters. The lowest BCUT2D eigenvalue weighted by atomic mass is 10.1. The SMILES string of the molecule is CCNCC(CC)N(CC)CC1CCCO1. The van der Waals surface area contributed by atoms with Crippen LogP contribution < -0.4 is 5.32 Å². The fraction of sp³-hybridized carbons (Fsp3) is 1.00. The number of ether oxygens (including phenoxy) is 1. The molecule has 1 aliphatic rings. The van der Waals surface area contributed by atoms with E-state index in [1.807, 2.05) is 0 Å². The zero-order chi connectivity index (χ0) is 11.8. The van der Waals surface area contributed by atoms with Gasteiger partial charge in [0.15, 0.2) is 0 Å². The van der Waals surface area contributed by atoms with E-state index in [1.54, 1.807) is 0 Å². The van der Waals surface area contributed by atoms with Crippen LogP contribution in [-0.2, 0) is 4.74 Å². The number of likely N-dealkylation sites (N-methyl/N-ethyl adjacent to an activating group) is 2. The Hall–Kier alpha value is -0.120. The van der Waals surface area contributed by atoms with E-state index in [-0.39, 0.29) is 0 Å². The second-order valence-corrected chi connectivity index (χ2v) is 4.59. The molecule has 0 saturated carbocycles. The molecule has 1 aliphatic heterocycles. The van der Waals surface area contributed by atoms with Gasteiger partial charge in [0.2, 0.25) is 0 Å². The number of nitrogens with zero attached hydrogens (tertiary/aromatic N) is 1. The van der Waals surface area contributed by atoms with Crippen molar-refractivity contribution in [1.82, 2.24) is 10.2 Å². The van der Waals surface area contributed by atoms with E-state index in [0.717, 1.165) is 32.8 Å². The van der Waals surface area contributed by atoms with Crippen LogP contribution in [0.25, 0.3) is 0 Å². The van der Waals surface area contributed by atoms with Gasteiger partial charge < -0.3 is 10.1 Å². The molecule has 0 spiro atoms. The molecule has 1 N–H and O–H groups in total.